The van der Waals surface area contributed by atoms with Gasteiger partial charge in [0.05, 0.1) is 21.2 Å². The minimum atomic E-state index is -5.47. The van der Waals surface area contributed by atoms with Crippen LogP contribution in [0.1, 0.15) is 16.1 Å². The molecule has 0 N–H and O–H groups in total. The van der Waals surface area contributed by atoms with Crippen molar-refractivity contribution in [2.75, 3.05) is 0 Å². The Balaban J connectivity index is 1.70. The van der Waals surface area contributed by atoms with Crippen LogP contribution in [0.3, 0.4) is 0 Å². The van der Waals surface area contributed by atoms with E-state index < -0.39 is 26.2 Å². The van der Waals surface area contributed by atoms with Crippen molar-refractivity contribution in [3.8, 4) is 0 Å². The Kier molecular flexibility index (Phi) is 4.87. The molecule has 27 heavy (non-hydrogen) atoms. The molecule has 0 aliphatic heterocycles. The first kappa shape index (κ1) is 19.2. The SMILES string of the molecule is O=C(OCc1cn2cc(Cl)ccc2n1)c1ccc(S(=O)(=O)C(F)(F)F)cc1. The number of carbonyl (C=O) groups excluding carboxylic acids is 1. The van der Waals surface area contributed by atoms with Gasteiger partial charge < -0.3 is 9.14 Å². The molecule has 0 unspecified atom stereocenters. The molecule has 0 saturated carbocycles. The standard InChI is InChI=1S/C16H10ClF3N2O4S/c17-11-3-6-14-21-12(8-22(14)7-11)9-26-15(23)10-1-4-13(5-2-10)27(24,25)16(18,19)20/h1-8H,9H2. The van der Waals surface area contributed by atoms with Crippen molar-refractivity contribution in [3.05, 3.63) is 65.1 Å². The number of benzene rings is 1. The number of hydrogen-bond acceptors (Lipinski definition) is 5. The Morgan fingerprint density at radius 3 is 2.41 bits per heavy atom. The average molecular weight is 419 g/mol. The summed E-state index contributed by atoms with van der Waals surface area (Å²) in [6.07, 6.45) is 3.22. The topological polar surface area (TPSA) is 77.7 Å². The second kappa shape index (κ2) is 6.86. The molecule has 0 atom stereocenters. The maximum absolute atomic E-state index is 12.5. The van der Waals surface area contributed by atoms with Gasteiger partial charge in [0.2, 0.25) is 0 Å². The Hall–Kier alpha value is -2.59. The molecule has 0 saturated heterocycles. The highest BCUT2D eigenvalue weighted by Crippen LogP contribution is 2.30. The number of aromatic nitrogens is 2. The molecular weight excluding hydrogens is 409 g/mol. The van der Waals surface area contributed by atoms with E-state index in [-0.39, 0.29) is 12.2 Å². The van der Waals surface area contributed by atoms with Gasteiger partial charge >= 0.3 is 11.5 Å². The number of nitrogens with zero attached hydrogens (tertiary/aromatic N) is 2. The van der Waals surface area contributed by atoms with Crippen LogP contribution in [0.2, 0.25) is 5.02 Å². The number of rotatable bonds is 4. The monoisotopic (exact) mass is 418 g/mol. The molecule has 1 aromatic carbocycles. The van der Waals surface area contributed by atoms with Crippen LogP contribution in [0.4, 0.5) is 13.2 Å². The fourth-order valence-electron chi connectivity index (χ4n) is 2.21. The Morgan fingerprint density at radius 1 is 1.11 bits per heavy atom. The molecule has 6 nitrogen and oxygen atoms in total. The van der Waals surface area contributed by atoms with E-state index in [1.807, 2.05) is 0 Å². The van der Waals surface area contributed by atoms with E-state index in [9.17, 15) is 26.4 Å². The van der Waals surface area contributed by atoms with E-state index >= 15 is 0 Å². The number of halogens is 4. The first-order valence-electron chi connectivity index (χ1n) is 7.29. The lowest BCUT2D eigenvalue weighted by atomic mass is 10.2. The third-order valence-electron chi connectivity index (χ3n) is 3.52. The van der Waals surface area contributed by atoms with Gasteiger partial charge in [0.1, 0.15) is 12.3 Å². The van der Waals surface area contributed by atoms with Gasteiger partial charge in [0.15, 0.2) is 0 Å². The van der Waals surface area contributed by atoms with Crippen molar-refractivity contribution in [2.24, 2.45) is 0 Å². The summed E-state index contributed by atoms with van der Waals surface area (Å²) in [6.45, 7) is -0.180. The largest absolute Gasteiger partial charge is 0.501 e. The van der Waals surface area contributed by atoms with E-state index in [4.69, 9.17) is 16.3 Å². The van der Waals surface area contributed by atoms with Crippen LogP contribution < -0.4 is 0 Å². The zero-order valence-corrected chi connectivity index (χ0v) is 14.8. The predicted octanol–water partition coefficient (Wildman–Crippen LogP) is 3.64. The van der Waals surface area contributed by atoms with E-state index in [0.717, 1.165) is 12.1 Å². The smallest absolute Gasteiger partial charge is 0.456 e. The zero-order valence-electron chi connectivity index (χ0n) is 13.3. The van der Waals surface area contributed by atoms with Gasteiger partial charge in [-0.3, -0.25) is 0 Å². The maximum atomic E-state index is 12.5. The van der Waals surface area contributed by atoms with Gasteiger partial charge in [-0.2, -0.15) is 13.2 Å². The van der Waals surface area contributed by atoms with E-state index in [2.05, 4.69) is 4.98 Å². The number of carbonyl (C=O) groups is 1. The molecule has 2 heterocycles. The molecule has 0 aliphatic rings. The summed E-state index contributed by atoms with van der Waals surface area (Å²) in [4.78, 5) is 15.3. The minimum Gasteiger partial charge on any atom is -0.456 e. The number of imidazole rings is 1. The zero-order chi connectivity index (χ0) is 19.8. The molecule has 0 spiro atoms. The van der Waals surface area contributed by atoms with Crippen molar-refractivity contribution < 1.29 is 31.1 Å². The van der Waals surface area contributed by atoms with Crippen molar-refractivity contribution in [3.63, 3.8) is 0 Å². The first-order valence-corrected chi connectivity index (χ1v) is 9.16. The summed E-state index contributed by atoms with van der Waals surface area (Å²) in [5.41, 5.74) is -4.49. The highest BCUT2D eigenvalue weighted by atomic mass is 35.5. The van der Waals surface area contributed by atoms with E-state index in [1.165, 1.54) is 0 Å². The van der Waals surface area contributed by atoms with E-state index in [0.29, 0.717) is 28.5 Å². The van der Waals surface area contributed by atoms with Gasteiger partial charge in [0, 0.05) is 12.4 Å². The fourth-order valence-corrected chi connectivity index (χ4v) is 3.14. The molecule has 0 radical (unpaired) electrons. The van der Waals surface area contributed by atoms with Crippen LogP contribution in [0.5, 0.6) is 0 Å². The molecule has 0 fully saturated rings. The van der Waals surface area contributed by atoms with Crippen LogP contribution in [-0.4, -0.2) is 29.3 Å². The van der Waals surface area contributed by atoms with Gasteiger partial charge in [-0.1, -0.05) is 11.6 Å². The lowest BCUT2D eigenvalue weighted by molar-refractivity contribution is -0.0436. The number of hydrogen-bond donors (Lipinski definition) is 0. The fraction of sp³-hybridized carbons (Fsp3) is 0.125. The summed E-state index contributed by atoms with van der Waals surface area (Å²) in [7, 11) is -5.47. The summed E-state index contributed by atoms with van der Waals surface area (Å²) < 4.78 is 66.8. The van der Waals surface area contributed by atoms with Gasteiger partial charge in [-0.25, -0.2) is 18.2 Å². The van der Waals surface area contributed by atoms with Crippen molar-refractivity contribution >= 4 is 33.1 Å². The Bertz CT molecular complexity index is 1110. The number of fused-ring (bicyclic) bond motifs is 1. The number of ether oxygens (including phenoxy) is 1. The van der Waals surface area contributed by atoms with Crippen LogP contribution in [0.25, 0.3) is 5.65 Å². The summed E-state index contributed by atoms with van der Waals surface area (Å²) in [5, 5.41) is 0.498. The highest BCUT2D eigenvalue weighted by Gasteiger charge is 2.46. The molecule has 11 heteroatoms. The van der Waals surface area contributed by atoms with Crippen molar-refractivity contribution in [1.82, 2.24) is 9.38 Å². The van der Waals surface area contributed by atoms with E-state index in [1.54, 1.807) is 28.9 Å². The molecule has 0 amide bonds. The van der Waals surface area contributed by atoms with Crippen molar-refractivity contribution in [1.29, 1.82) is 0 Å². The van der Waals surface area contributed by atoms with Crippen LogP contribution in [0, 0.1) is 0 Å². The van der Waals surface area contributed by atoms with Crippen LogP contribution >= 0.6 is 11.6 Å². The Morgan fingerprint density at radius 2 is 1.78 bits per heavy atom. The number of esters is 1. The number of pyridine rings is 1. The van der Waals surface area contributed by atoms with Gasteiger partial charge in [-0.15, -0.1) is 0 Å². The molecule has 0 bridgehead atoms. The average Bonchev–Trinajstić information content (AvgIpc) is 3.00. The summed E-state index contributed by atoms with van der Waals surface area (Å²) in [6, 6.07) is 6.62. The molecule has 0 aliphatic carbocycles. The molecule has 3 rings (SSSR count). The third-order valence-corrected chi connectivity index (χ3v) is 5.25. The highest BCUT2D eigenvalue weighted by molar-refractivity contribution is 7.92. The number of alkyl halides is 3. The second-order valence-corrected chi connectivity index (χ2v) is 7.77. The van der Waals surface area contributed by atoms with Crippen LogP contribution in [-0.2, 0) is 21.2 Å². The van der Waals surface area contributed by atoms with Crippen molar-refractivity contribution in [2.45, 2.75) is 17.0 Å². The molecular formula is C16H10ClF3N2O4S. The summed E-state index contributed by atoms with van der Waals surface area (Å²) >= 11 is 5.86. The summed E-state index contributed by atoms with van der Waals surface area (Å²) in [5.74, 6) is -0.832. The first-order chi connectivity index (χ1) is 12.6. The third kappa shape index (κ3) is 3.91. The molecule has 142 valence electrons. The molecule has 2 aromatic heterocycles. The minimum absolute atomic E-state index is 0.0945. The number of sulfone groups is 1. The lowest BCUT2D eigenvalue weighted by Crippen LogP contribution is -2.23. The lowest BCUT2D eigenvalue weighted by Gasteiger charge is -2.08. The van der Waals surface area contributed by atoms with Gasteiger partial charge in [-0.05, 0) is 36.4 Å². The van der Waals surface area contributed by atoms with Gasteiger partial charge in [0.25, 0.3) is 9.84 Å². The second-order valence-electron chi connectivity index (χ2n) is 5.39. The molecule has 3 aromatic rings. The predicted molar refractivity (Wildman–Crippen MR) is 89.0 cm³/mol. The maximum Gasteiger partial charge on any atom is 0.501 e. The Labute approximate surface area is 156 Å². The van der Waals surface area contributed by atoms with Crippen LogP contribution in [0.15, 0.2) is 53.7 Å². The quantitative estimate of drug-likeness (QED) is 0.604. The normalized spacial score (nSPS) is 12.3.